The molecule has 0 radical (unpaired) electrons. The summed E-state index contributed by atoms with van der Waals surface area (Å²) < 4.78 is 13.8. The van der Waals surface area contributed by atoms with Crippen LogP contribution in [-0.2, 0) is 36.7 Å². The summed E-state index contributed by atoms with van der Waals surface area (Å²) in [5, 5.41) is 17.6. The predicted molar refractivity (Wildman–Crippen MR) is 230 cm³/mol. The fourth-order valence-corrected chi connectivity index (χ4v) is 5.44. The zero-order valence-electron chi connectivity index (χ0n) is 33.9. The average molecular weight is 866 g/mol. The highest BCUT2D eigenvalue weighted by molar-refractivity contribution is 6.32. The minimum Gasteiger partial charge on any atom is -0.444 e. The Morgan fingerprint density at radius 3 is 1.59 bits per heavy atom. The van der Waals surface area contributed by atoms with Gasteiger partial charge in [0.25, 0.3) is 0 Å². The highest BCUT2D eigenvalue weighted by Crippen LogP contribution is 2.27. The van der Waals surface area contributed by atoms with E-state index in [2.05, 4.69) is 46.1 Å². The number of ether oxygens (including phenoxy) is 2. The lowest BCUT2D eigenvalue weighted by Gasteiger charge is -2.19. The number of carbonyl (C=O) groups excluding carboxylic acids is 2. The second kappa shape index (κ2) is 20.6. The lowest BCUT2D eigenvalue weighted by Crippen LogP contribution is -2.32. The number of rotatable bonds is 8. The van der Waals surface area contributed by atoms with E-state index in [4.69, 9.17) is 50.0 Å². The molecule has 59 heavy (non-hydrogen) atoms. The molecule has 0 spiro atoms. The van der Waals surface area contributed by atoms with E-state index < -0.39 is 23.4 Å². The summed E-state index contributed by atoms with van der Waals surface area (Å²) in [7, 11) is 3.67. The average Bonchev–Trinajstić information content (AvgIpc) is 3.74. The summed E-state index contributed by atoms with van der Waals surface area (Å²) in [6.45, 7) is 11.4. The summed E-state index contributed by atoms with van der Waals surface area (Å²) in [4.78, 5) is 40.2. The molecule has 0 unspecified atom stereocenters. The number of amides is 2. The van der Waals surface area contributed by atoms with Gasteiger partial charge < -0.3 is 31.2 Å². The third-order valence-electron chi connectivity index (χ3n) is 7.31. The van der Waals surface area contributed by atoms with Gasteiger partial charge in [0.05, 0.1) is 35.2 Å². The molecule has 4 aromatic heterocycles. The van der Waals surface area contributed by atoms with Crippen LogP contribution >= 0.6 is 34.8 Å². The Hall–Kier alpha value is -5.97. The van der Waals surface area contributed by atoms with Crippen LogP contribution in [0.1, 0.15) is 52.7 Å². The maximum absolute atomic E-state index is 11.8. The maximum Gasteiger partial charge on any atom is 0.407 e. The minimum atomic E-state index is -0.549. The molecule has 2 aromatic carbocycles. The molecule has 6 aromatic rings. The fourth-order valence-electron chi connectivity index (χ4n) is 4.79. The summed E-state index contributed by atoms with van der Waals surface area (Å²) in [5.74, 6) is 0.460. The largest absolute Gasteiger partial charge is 0.444 e. The van der Waals surface area contributed by atoms with Crippen molar-refractivity contribution in [3.63, 3.8) is 0 Å². The SMILES string of the molecule is CC(C)(C)OC(=O)NCc1ccc(-c2ccnc(Cl)n2)cc1Cl.Cn1cc(N)cn1.Cn1cc(Nc2nccc(-c3ccc(CNC(=O)OC(C)(C)C)c(Cl)c3)n2)cn1. The van der Waals surface area contributed by atoms with Gasteiger partial charge in [-0.25, -0.2) is 29.5 Å². The smallest absolute Gasteiger partial charge is 0.407 e. The molecule has 312 valence electrons. The Bertz CT molecular complexity index is 2320. The molecular formula is C40H47Cl3N12O4. The van der Waals surface area contributed by atoms with Crippen molar-refractivity contribution in [3.8, 4) is 22.5 Å². The van der Waals surface area contributed by atoms with Crippen LogP contribution in [0, 0.1) is 0 Å². The van der Waals surface area contributed by atoms with Crippen molar-refractivity contribution in [2.24, 2.45) is 14.1 Å². The van der Waals surface area contributed by atoms with Gasteiger partial charge in [-0.2, -0.15) is 10.2 Å². The van der Waals surface area contributed by atoms with E-state index in [1.807, 2.05) is 71.4 Å². The van der Waals surface area contributed by atoms with Crippen LogP contribution in [-0.4, -0.2) is 62.9 Å². The Labute approximate surface area is 357 Å². The molecule has 0 atom stereocenters. The summed E-state index contributed by atoms with van der Waals surface area (Å²) >= 11 is 18.5. The van der Waals surface area contributed by atoms with Gasteiger partial charge in [-0.15, -0.1) is 0 Å². The first-order valence-electron chi connectivity index (χ1n) is 18.1. The van der Waals surface area contributed by atoms with E-state index in [0.29, 0.717) is 27.4 Å². The number of halogens is 3. The number of nitrogens with zero attached hydrogens (tertiary/aromatic N) is 8. The van der Waals surface area contributed by atoms with Crippen molar-refractivity contribution in [2.75, 3.05) is 11.1 Å². The van der Waals surface area contributed by atoms with Crippen molar-refractivity contribution < 1.29 is 19.1 Å². The molecule has 0 aliphatic rings. The quantitative estimate of drug-likeness (QED) is 0.106. The zero-order valence-corrected chi connectivity index (χ0v) is 36.2. The third-order valence-corrected chi connectivity index (χ3v) is 8.20. The molecule has 0 saturated heterocycles. The van der Waals surface area contributed by atoms with E-state index in [-0.39, 0.29) is 18.4 Å². The maximum atomic E-state index is 11.8. The summed E-state index contributed by atoms with van der Waals surface area (Å²) in [6.07, 6.45) is 9.17. The highest BCUT2D eigenvalue weighted by atomic mass is 35.5. The molecule has 4 heterocycles. The van der Waals surface area contributed by atoms with Crippen LogP contribution < -0.4 is 21.7 Å². The van der Waals surface area contributed by atoms with E-state index in [9.17, 15) is 9.59 Å². The van der Waals surface area contributed by atoms with Crippen molar-refractivity contribution in [1.82, 2.24) is 50.1 Å². The van der Waals surface area contributed by atoms with Gasteiger partial charge >= 0.3 is 12.2 Å². The number of nitrogen functional groups attached to an aromatic ring is 1. The number of nitrogens with two attached hydrogens (primary N) is 1. The second-order valence-corrected chi connectivity index (χ2v) is 15.9. The number of hydrogen-bond acceptors (Lipinski definition) is 12. The van der Waals surface area contributed by atoms with Crippen molar-refractivity contribution >= 4 is 64.3 Å². The van der Waals surface area contributed by atoms with Crippen LogP contribution in [0.25, 0.3) is 22.5 Å². The molecule has 6 rings (SSSR count). The van der Waals surface area contributed by atoms with Gasteiger partial charge in [0.2, 0.25) is 11.2 Å². The molecule has 2 amide bonds. The summed E-state index contributed by atoms with van der Waals surface area (Å²) in [5.41, 5.74) is 10.3. The number of nitrogens with one attached hydrogen (secondary N) is 3. The van der Waals surface area contributed by atoms with Crippen LogP contribution in [0.3, 0.4) is 0 Å². The topological polar surface area (TPSA) is 202 Å². The van der Waals surface area contributed by atoms with Gasteiger partial charge in [0.15, 0.2) is 0 Å². The van der Waals surface area contributed by atoms with Gasteiger partial charge in [0.1, 0.15) is 11.2 Å². The Morgan fingerprint density at radius 2 is 1.19 bits per heavy atom. The van der Waals surface area contributed by atoms with Crippen LogP contribution in [0.5, 0.6) is 0 Å². The van der Waals surface area contributed by atoms with Gasteiger partial charge in [-0.05, 0) is 88.5 Å². The van der Waals surface area contributed by atoms with Gasteiger partial charge in [-0.1, -0.05) is 47.5 Å². The lowest BCUT2D eigenvalue weighted by atomic mass is 10.1. The van der Waals surface area contributed by atoms with Crippen LogP contribution in [0.4, 0.5) is 26.9 Å². The first kappa shape index (κ1) is 45.7. The number of alkyl carbamates (subject to hydrolysis) is 2. The fraction of sp³-hybridized carbons (Fsp3) is 0.300. The molecular weight excluding hydrogens is 819 g/mol. The van der Waals surface area contributed by atoms with Gasteiger partial charge in [0, 0.05) is 73.1 Å². The Morgan fingerprint density at radius 1 is 0.695 bits per heavy atom. The number of aryl methyl sites for hydroxylation is 2. The Balaban J connectivity index is 0.000000227. The van der Waals surface area contributed by atoms with Crippen molar-refractivity contribution in [3.05, 3.63) is 112 Å². The molecule has 5 N–H and O–H groups in total. The first-order valence-corrected chi connectivity index (χ1v) is 19.2. The number of benzene rings is 2. The number of carbonyl (C=O) groups is 2. The van der Waals surface area contributed by atoms with Gasteiger partial charge in [-0.3, -0.25) is 9.36 Å². The molecule has 19 heteroatoms. The summed E-state index contributed by atoms with van der Waals surface area (Å²) in [6, 6.07) is 14.6. The minimum absolute atomic E-state index is 0.175. The van der Waals surface area contributed by atoms with E-state index in [1.54, 1.807) is 79.3 Å². The monoisotopic (exact) mass is 864 g/mol. The molecule has 0 aliphatic carbocycles. The van der Waals surface area contributed by atoms with Crippen molar-refractivity contribution in [2.45, 2.75) is 65.8 Å². The van der Waals surface area contributed by atoms with E-state index in [1.165, 1.54) is 0 Å². The third kappa shape index (κ3) is 16.1. The first-order chi connectivity index (χ1) is 27.7. The number of hydrogen-bond donors (Lipinski definition) is 4. The Kier molecular flexibility index (Phi) is 16.0. The van der Waals surface area contributed by atoms with E-state index in [0.717, 1.165) is 33.6 Å². The number of aromatic nitrogens is 8. The van der Waals surface area contributed by atoms with Crippen molar-refractivity contribution in [1.29, 1.82) is 0 Å². The zero-order chi connectivity index (χ0) is 43.3. The molecule has 0 bridgehead atoms. The van der Waals surface area contributed by atoms with E-state index >= 15 is 0 Å². The van der Waals surface area contributed by atoms with Crippen LogP contribution in [0.2, 0.25) is 15.3 Å². The molecule has 16 nitrogen and oxygen atoms in total. The highest BCUT2D eigenvalue weighted by Gasteiger charge is 2.17. The molecule has 0 fully saturated rings. The molecule has 0 aliphatic heterocycles. The number of anilines is 3. The standard InChI is InChI=1S/C20H23ClN6O2.C16H17Cl2N3O2.C4H7N3/c1-20(2,3)29-19(28)23-10-14-6-5-13(9-16(14)21)17-7-8-22-18(26-17)25-15-11-24-27(4)12-15;1-16(2,3)23-15(22)20-9-11-5-4-10(8-12(11)17)13-6-7-19-14(18)21-13;1-7-3-4(5)2-6-7/h5-9,11-12H,10H2,1-4H3,(H,23,28)(H,22,25,26);4-8H,9H2,1-3H3,(H,20,22);2-3H,5H2,1H3. The normalized spacial score (nSPS) is 11.0. The predicted octanol–water partition coefficient (Wildman–Crippen LogP) is 8.78. The molecule has 0 saturated carbocycles. The lowest BCUT2D eigenvalue weighted by molar-refractivity contribution is 0.0512. The second-order valence-electron chi connectivity index (χ2n) is 14.8. The van der Waals surface area contributed by atoms with Crippen LogP contribution in [0.15, 0.2) is 85.7 Å².